The van der Waals surface area contributed by atoms with E-state index in [1.165, 1.54) is 12.5 Å². The molecule has 0 atom stereocenters. The molecule has 0 amide bonds. The van der Waals surface area contributed by atoms with E-state index in [2.05, 4.69) is 13.8 Å². The molecule has 3 nitrogen and oxygen atoms in total. The van der Waals surface area contributed by atoms with E-state index < -0.39 is 0 Å². The fraction of sp³-hybridized carbons (Fsp3) is 0.625. The van der Waals surface area contributed by atoms with Crippen LogP contribution in [0.5, 0.6) is 17.2 Å². The molecule has 0 unspecified atom stereocenters. The first-order chi connectivity index (χ1) is 9.27. The molecule has 1 aromatic rings. The van der Waals surface area contributed by atoms with E-state index >= 15 is 0 Å². The third-order valence-corrected chi connectivity index (χ3v) is 2.94. The summed E-state index contributed by atoms with van der Waals surface area (Å²) in [6.45, 7) is 5.58. The van der Waals surface area contributed by atoms with E-state index in [9.17, 15) is 5.11 Å². The maximum absolute atomic E-state index is 11.8. The van der Waals surface area contributed by atoms with Gasteiger partial charge in [-0.1, -0.05) is 39.5 Å². The lowest BCUT2D eigenvalue weighted by Gasteiger charge is -2.09. The van der Waals surface area contributed by atoms with Crippen molar-refractivity contribution >= 4 is 0 Å². The molecule has 0 fully saturated rings. The van der Waals surface area contributed by atoms with Crippen molar-refractivity contribution in [1.82, 2.24) is 0 Å². The summed E-state index contributed by atoms with van der Waals surface area (Å²) in [5, 5.41) is 11.8. The largest absolute Gasteiger partial charge is 0.493 e. The van der Waals surface area contributed by atoms with Crippen molar-refractivity contribution in [1.29, 1.82) is 0 Å². The van der Waals surface area contributed by atoms with Crippen molar-refractivity contribution < 1.29 is 14.6 Å². The van der Waals surface area contributed by atoms with Gasteiger partial charge in [-0.15, -0.1) is 0 Å². The number of unbranched alkanes of at least 4 members (excludes halogenated alkanes) is 4. The summed E-state index contributed by atoms with van der Waals surface area (Å²) in [7, 11) is 0. The van der Waals surface area contributed by atoms with Gasteiger partial charge in [-0.05, 0) is 25.0 Å². The molecule has 107 valence electrons. The molecule has 0 aliphatic carbocycles. The SMILES string of the molecule is CCCCCOc1ccc(OCCCCC)c([O])c1. The zero-order chi connectivity index (χ0) is 13.9. The van der Waals surface area contributed by atoms with Crippen LogP contribution < -0.4 is 9.47 Å². The summed E-state index contributed by atoms with van der Waals surface area (Å²) in [4.78, 5) is 0. The topological polar surface area (TPSA) is 38.4 Å². The smallest absolute Gasteiger partial charge is 0.224 e. The highest BCUT2D eigenvalue weighted by Gasteiger charge is 2.06. The lowest BCUT2D eigenvalue weighted by atomic mass is 10.2. The van der Waals surface area contributed by atoms with E-state index in [1.54, 1.807) is 6.07 Å². The minimum Gasteiger partial charge on any atom is -0.493 e. The maximum atomic E-state index is 11.8. The van der Waals surface area contributed by atoms with Crippen molar-refractivity contribution in [2.24, 2.45) is 0 Å². The Morgan fingerprint density at radius 1 is 0.895 bits per heavy atom. The molecule has 19 heavy (non-hydrogen) atoms. The number of hydrogen-bond acceptors (Lipinski definition) is 2. The fourth-order valence-electron chi connectivity index (χ4n) is 1.77. The standard InChI is InChI=1S/C16H25O3/c1-3-5-7-11-18-14-9-10-16(15(17)13-14)19-12-8-6-4-2/h9-10,13H,3-8,11-12H2,1-2H3. The van der Waals surface area contributed by atoms with E-state index in [4.69, 9.17) is 9.47 Å². The van der Waals surface area contributed by atoms with E-state index in [0.717, 1.165) is 32.1 Å². The highest BCUT2D eigenvalue weighted by atomic mass is 16.5. The van der Waals surface area contributed by atoms with E-state index in [-0.39, 0.29) is 5.75 Å². The summed E-state index contributed by atoms with van der Waals surface area (Å²) < 4.78 is 11.0. The number of ether oxygens (including phenoxy) is 2. The van der Waals surface area contributed by atoms with E-state index in [1.807, 2.05) is 6.07 Å². The van der Waals surface area contributed by atoms with Crippen molar-refractivity contribution in [3.63, 3.8) is 0 Å². The summed E-state index contributed by atoms with van der Waals surface area (Å²) >= 11 is 0. The highest BCUT2D eigenvalue weighted by molar-refractivity contribution is 5.44. The quantitative estimate of drug-likeness (QED) is 0.560. The average Bonchev–Trinajstić information content (AvgIpc) is 2.42. The van der Waals surface area contributed by atoms with Crippen LogP contribution >= 0.6 is 0 Å². The lowest BCUT2D eigenvalue weighted by molar-refractivity contribution is 0.264. The van der Waals surface area contributed by atoms with Crippen LogP contribution in [0, 0.1) is 0 Å². The van der Waals surface area contributed by atoms with Gasteiger partial charge in [0.25, 0.3) is 0 Å². The normalized spacial score (nSPS) is 10.4. The first-order valence-corrected chi connectivity index (χ1v) is 7.34. The van der Waals surface area contributed by atoms with E-state index in [0.29, 0.717) is 24.7 Å². The number of benzene rings is 1. The Morgan fingerprint density at radius 3 is 2.11 bits per heavy atom. The van der Waals surface area contributed by atoms with Crippen LogP contribution in [0.15, 0.2) is 18.2 Å². The minimum absolute atomic E-state index is 0.0931. The molecule has 0 spiro atoms. The molecule has 0 saturated carbocycles. The second-order valence-corrected chi connectivity index (χ2v) is 4.72. The van der Waals surface area contributed by atoms with Crippen molar-refractivity contribution in [2.75, 3.05) is 13.2 Å². The van der Waals surface area contributed by atoms with Gasteiger partial charge in [0.1, 0.15) is 5.75 Å². The van der Waals surface area contributed by atoms with Gasteiger partial charge in [0.05, 0.1) is 13.2 Å². The molecular formula is C16H25O3. The summed E-state index contributed by atoms with van der Waals surface area (Å²) in [6, 6.07) is 5.03. The van der Waals surface area contributed by atoms with Crippen molar-refractivity contribution in [3.05, 3.63) is 18.2 Å². The molecular weight excluding hydrogens is 240 g/mol. The van der Waals surface area contributed by atoms with Gasteiger partial charge in [-0.2, -0.15) is 0 Å². The van der Waals surface area contributed by atoms with Gasteiger partial charge in [0.2, 0.25) is 5.75 Å². The van der Waals surface area contributed by atoms with Crippen LogP contribution in [0.1, 0.15) is 52.4 Å². The second kappa shape index (κ2) is 9.54. The molecule has 0 bridgehead atoms. The molecule has 0 N–H and O–H groups in total. The van der Waals surface area contributed by atoms with Gasteiger partial charge in [-0.25, -0.2) is 0 Å². The highest BCUT2D eigenvalue weighted by Crippen LogP contribution is 2.31. The third kappa shape index (κ3) is 6.37. The van der Waals surface area contributed by atoms with Crippen LogP contribution in [0.2, 0.25) is 0 Å². The minimum atomic E-state index is -0.0931. The molecule has 1 rings (SSSR count). The lowest BCUT2D eigenvalue weighted by Crippen LogP contribution is -1.99. The Labute approximate surface area is 116 Å². The van der Waals surface area contributed by atoms with Crippen molar-refractivity contribution in [2.45, 2.75) is 52.4 Å². The Kier molecular flexibility index (Phi) is 7.87. The molecule has 3 heteroatoms. The zero-order valence-electron chi connectivity index (χ0n) is 12.1. The van der Waals surface area contributed by atoms with Gasteiger partial charge in [-0.3, -0.25) is 5.11 Å². The Morgan fingerprint density at radius 2 is 1.53 bits per heavy atom. The Hall–Kier alpha value is -1.38. The average molecular weight is 265 g/mol. The van der Waals surface area contributed by atoms with Crippen LogP contribution in [-0.2, 0) is 5.11 Å². The van der Waals surface area contributed by atoms with Gasteiger partial charge >= 0.3 is 0 Å². The first kappa shape index (κ1) is 15.7. The summed E-state index contributed by atoms with van der Waals surface area (Å²) in [6.07, 6.45) is 6.62. The predicted molar refractivity (Wildman–Crippen MR) is 76.6 cm³/mol. The van der Waals surface area contributed by atoms with Gasteiger partial charge in [0, 0.05) is 6.07 Å². The fourth-order valence-corrected chi connectivity index (χ4v) is 1.77. The predicted octanol–water partition coefficient (Wildman–Crippen LogP) is 4.97. The molecule has 0 aliphatic rings. The molecule has 1 aromatic carbocycles. The van der Waals surface area contributed by atoms with Gasteiger partial charge in [0.15, 0.2) is 5.75 Å². The number of hydrogen-bond donors (Lipinski definition) is 0. The molecule has 0 heterocycles. The van der Waals surface area contributed by atoms with Gasteiger partial charge < -0.3 is 9.47 Å². The molecule has 1 radical (unpaired) electrons. The first-order valence-electron chi connectivity index (χ1n) is 7.34. The Bertz CT molecular complexity index is 350. The van der Waals surface area contributed by atoms with Crippen LogP contribution in [0.4, 0.5) is 0 Å². The van der Waals surface area contributed by atoms with Crippen LogP contribution in [-0.4, -0.2) is 13.2 Å². The van der Waals surface area contributed by atoms with Crippen LogP contribution in [0.25, 0.3) is 0 Å². The van der Waals surface area contributed by atoms with Crippen LogP contribution in [0.3, 0.4) is 0 Å². The summed E-state index contributed by atoms with van der Waals surface area (Å²) in [5.41, 5.74) is 0. The van der Waals surface area contributed by atoms with Crippen molar-refractivity contribution in [3.8, 4) is 17.2 Å². The monoisotopic (exact) mass is 265 g/mol. The number of rotatable bonds is 10. The second-order valence-electron chi connectivity index (χ2n) is 4.72. The molecule has 0 aliphatic heterocycles. The molecule has 0 aromatic heterocycles. The zero-order valence-corrected chi connectivity index (χ0v) is 12.1. The maximum Gasteiger partial charge on any atom is 0.224 e. The summed E-state index contributed by atoms with van der Waals surface area (Å²) in [5.74, 6) is 0.975. The molecule has 0 saturated heterocycles. The third-order valence-electron chi connectivity index (χ3n) is 2.94. The Balaban J connectivity index is 2.36.